The summed E-state index contributed by atoms with van der Waals surface area (Å²) in [5, 5.41) is 9.42. The highest BCUT2D eigenvalue weighted by Gasteiger charge is 2.50. The average molecular weight is 349 g/mol. The number of rotatable bonds is 6. The highest BCUT2D eigenvalue weighted by atomic mass is 19.1. The first-order chi connectivity index (χ1) is 12.0. The van der Waals surface area contributed by atoms with Crippen molar-refractivity contribution in [1.82, 2.24) is 4.90 Å². The van der Waals surface area contributed by atoms with Crippen molar-refractivity contribution in [3.8, 4) is 5.75 Å². The van der Waals surface area contributed by atoms with Gasteiger partial charge in [0.15, 0.2) is 11.6 Å². The molecule has 1 N–H and O–H groups in total. The van der Waals surface area contributed by atoms with Gasteiger partial charge in [-0.05, 0) is 43.2 Å². The molecule has 1 heterocycles. The van der Waals surface area contributed by atoms with E-state index < -0.39 is 0 Å². The van der Waals surface area contributed by atoms with Gasteiger partial charge in [0.2, 0.25) is 5.91 Å². The summed E-state index contributed by atoms with van der Waals surface area (Å²) in [6.07, 6.45) is 4.52. The summed E-state index contributed by atoms with van der Waals surface area (Å²) in [6, 6.07) is 5.34. The first-order valence-electron chi connectivity index (χ1n) is 9.25. The van der Waals surface area contributed by atoms with Crippen LogP contribution in [-0.4, -0.2) is 42.7 Å². The molecule has 1 aromatic carbocycles. The van der Waals surface area contributed by atoms with Crippen molar-refractivity contribution in [3.05, 3.63) is 29.6 Å². The number of hydrogen-bond acceptors (Lipinski definition) is 3. The molecular formula is C20H28FNO3. The number of methoxy groups -OCH3 is 1. The van der Waals surface area contributed by atoms with Gasteiger partial charge in [0, 0.05) is 18.5 Å². The molecule has 1 aliphatic heterocycles. The van der Waals surface area contributed by atoms with Crippen molar-refractivity contribution in [2.24, 2.45) is 11.3 Å². The molecule has 2 atom stereocenters. The van der Waals surface area contributed by atoms with E-state index in [-0.39, 0.29) is 35.6 Å². The highest BCUT2D eigenvalue weighted by molar-refractivity contribution is 5.80. The third-order valence-corrected chi connectivity index (χ3v) is 5.93. The lowest BCUT2D eigenvalue weighted by Gasteiger charge is -2.49. The molecule has 1 saturated heterocycles. The van der Waals surface area contributed by atoms with Crippen LogP contribution in [0.5, 0.6) is 5.75 Å². The van der Waals surface area contributed by atoms with Crippen molar-refractivity contribution >= 4 is 5.91 Å². The molecule has 1 unspecified atom stereocenters. The van der Waals surface area contributed by atoms with E-state index in [0.29, 0.717) is 5.75 Å². The Labute approximate surface area is 149 Å². The molecule has 25 heavy (non-hydrogen) atoms. The zero-order chi connectivity index (χ0) is 18.0. The molecule has 4 nitrogen and oxygen atoms in total. The topological polar surface area (TPSA) is 49.8 Å². The Morgan fingerprint density at radius 2 is 2.24 bits per heavy atom. The van der Waals surface area contributed by atoms with Crippen molar-refractivity contribution in [2.45, 2.75) is 44.9 Å². The molecule has 1 amide bonds. The van der Waals surface area contributed by atoms with Crippen LogP contribution < -0.4 is 4.74 Å². The molecule has 1 saturated carbocycles. The van der Waals surface area contributed by atoms with Crippen LogP contribution in [0, 0.1) is 17.2 Å². The monoisotopic (exact) mass is 349 g/mol. The number of ether oxygens (including phenoxy) is 1. The fraction of sp³-hybridized carbons (Fsp3) is 0.650. The predicted octanol–water partition coefficient (Wildman–Crippen LogP) is 3.34. The van der Waals surface area contributed by atoms with E-state index in [1.807, 2.05) is 24.0 Å². The Hall–Kier alpha value is -1.62. The first kappa shape index (κ1) is 18.2. The molecule has 2 fully saturated rings. The molecule has 138 valence electrons. The van der Waals surface area contributed by atoms with Gasteiger partial charge in [-0.15, -0.1) is 0 Å². The minimum absolute atomic E-state index is 0.0750. The number of benzene rings is 1. The zero-order valence-electron chi connectivity index (χ0n) is 15.1. The molecule has 1 spiro atoms. The van der Waals surface area contributed by atoms with Crippen LogP contribution in [0.4, 0.5) is 4.39 Å². The van der Waals surface area contributed by atoms with Crippen molar-refractivity contribution < 1.29 is 19.0 Å². The number of hydrogen-bond donors (Lipinski definition) is 1. The molecule has 0 radical (unpaired) electrons. The zero-order valence-corrected chi connectivity index (χ0v) is 15.1. The normalized spacial score (nSPS) is 22.7. The molecular weight excluding hydrogens is 321 g/mol. The van der Waals surface area contributed by atoms with E-state index in [4.69, 9.17) is 4.74 Å². The van der Waals surface area contributed by atoms with Crippen LogP contribution in [-0.2, 0) is 4.79 Å². The Bertz CT molecular complexity index is 627. The number of carbonyl (C=O) groups is 1. The maximum Gasteiger partial charge on any atom is 0.228 e. The fourth-order valence-corrected chi connectivity index (χ4v) is 4.58. The third kappa shape index (κ3) is 3.39. The molecule has 1 aromatic rings. The SMILES string of the molecule is CCC[C@H](CO)C(=O)N1CC2(CCC(c3cccc(OC)c3F)C2)C1. The van der Waals surface area contributed by atoms with Gasteiger partial charge in [-0.1, -0.05) is 25.5 Å². The lowest BCUT2D eigenvalue weighted by atomic mass is 9.76. The summed E-state index contributed by atoms with van der Waals surface area (Å²) in [5.74, 6) is 0.0508. The van der Waals surface area contributed by atoms with Crippen LogP contribution in [0.1, 0.15) is 50.5 Å². The van der Waals surface area contributed by atoms with Gasteiger partial charge < -0.3 is 14.7 Å². The summed E-state index contributed by atoms with van der Waals surface area (Å²) in [7, 11) is 1.49. The minimum Gasteiger partial charge on any atom is -0.494 e. The van der Waals surface area contributed by atoms with Gasteiger partial charge >= 0.3 is 0 Å². The fourth-order valence-electron chi connectivity index (χ4n) is 4.58. The van der Waals surface area contributed by atoms with Gasteiger partial charge in [0.05, 0.1) is 19.6 Å². The van der Waals surface area contributed by atoms with E-state index in [1.165, 1.54) is 7.11 Å². The number of aliphatic hydroxyl groups excluding tert-OH is 1. The molecule has 3 rings (SSSR count). The summed E-state index contributed by atoms with van der Waals surface area (Å²) in [4.78, 5) is 14.3. The molecule has 1 aliphatic carbocycles. The number of halogens is 1. The van der Waals surface area contributed by atoms with E-state index in [2.05, 4.69) is 0 Å². The number of aliphatic hydroxyl groups is 1. The Balaban J connectivity index is 1.62. The summed E-state index contributed by atoms with van der Waals surface area (Å²) >= 11 is 0. The van der Waals surface area contributed by atoms with Gasteiger partial charge in [0.25, 0.3) is 0 Å². The number of carbonyl (C=O) groups excluding carboxylic acids is 1. The Kier molecular flexibility index (Phi) is 5.32. The van der Waals surface area contributed by atoms with Crippen LogP contribution in [0.25, 0.3) is 0 Å². The lowest BCUT2D eigenvalue weighted by molar-refractivity contribution is -0.149. The van der Waals surface area contributed by atoms with Crippen LogP contribution in [0.15, 0.2) is 18.2 Å². The highest BCUT2D eigenvalue weighted by Crippen LogP contribution is 2.52. The second-order valence-electron chi connectivity index (χ2n) is 7.67. The average Bonchev–Trinajstić information content (AvgIpc) is 3.03. The molecule has 0 bridgehead atoms. The Morgan fingerprint density at radius 1 is 1.48 bits per heavy atom. The van der Waals surface area contributed by atoms with Crippen LogP contribution in [0.3, 0.4) is 0 Å². The van der Waals surface area contributed by atoms with E-state index in [1.54, 1.807) is 6.07 Å². The van der Waals surface area contributed by atoms with E-state index in [9.17, 15) is 14.3 Å². The maximum atomic E-state index is 14.5. The van der Waals surface area contributed by atoms with Crippen LogP contribution in [0.2, 0.25) is 0 Å². The van der Waals surface area contributed by atoms with E-state index in [0.717, 1.165) is 50.8 Å². The second-order valence-corrected chi connectivity index (χ2v) is 7.67. The smallest absolute Gasteiger partial charge is 0.228 e. The number of nitrogens with zero attached hydrogens (tertiary/aromatic N) is 1. The third-order valence-electron chi connectivity index (χ3n) is 5.93. The standard InChI is InChI=1S/C20H28FNO3/c1-3-5-15(11-23)19(24)22-12-20(13-22)9-8-14(10-20)16-6-4-7-17(25-2)18(16)21/h4,6-7,14-15,23H,3,5,8-13H2,1-2H3/t14?,15-/m1/s1. The van der Waals surface area contributed by atoms with Gasteiger partial charge in [-0.3, -0.25) is 4.79 Å². The molecule has 2 aliphatic rings. The van der Waals surface area contributed by atoms with Crippen molar-refractivity contribution in [1.29, 1.82) is 0 Å². The minimum atomic E-state index is -0.268. The number of likely N-dealkylation sites (tertiary alicyclic amines) is 1. The van der Waals surface area contributed by atoms with Gasteiger partial charge in [-0.25, -0.2) is 4.39 Å². The summed E-state index contributed by atoms with van der Waals surface area (Å²) in [6.45, 7) is 3.44. The first-order valence-corrected chi connectivity index (χ1v) is 9.25. The summed E-state index contributed by atoms with van der Waals surface area (Å²) in [5.41, 5.74) is 0.863. The largest absolute Gasteiger partial charge is 0.494 e. The lowest BCUT2D eigenvalue weighted by Crippen LogP contribution is -2.59. The van der Waals surface area contributed by atoms with E-state index >= 15 is 0 Å². The Morgan fingerprint density at radius 3 is 2.88 bits per heavy atom. The predicted molar refractivity (Wildman–Crippen MR) is 94.0 cm³/mol. The van der Waals surface area contributed by atoms with Crippen molar-refractivity contribution in [2.75, 3.05) is 26.8 Å². The van der Waals surface area contributed by atoms with Gasteiger partial charge in [0.1, 0.15) is 0 Å². The van der Waals surface area contributed by atoms with Crippen molar-refractivity contribution in [3.63, 3.8) is 0 Å². The molecule has 0 aromatic heterocycles. The second kappa shape index (κ2) is 7.32. The number of amides is 1. The quantitative estimate of drug-likeness (QED) is 0.857. The molecule has 5 heteroatoms. The van der Waals surface area contributed by atoms with Crippen LogP contribution >= 0.6 is 0 Å². The maximum absolute atomic E-state index is 14.5. The van der Waals surface area contributed by atoms with Gasteiger partial charge in [-0.2, -0.15) is 0 Å². The summed E-state index contributed by atoms with van der Waals surface area (Å²) < 4.78 is 19.6.